The molecule has 5 rings (SSSR count). The molecular formula is C35H37N3O2S. The van der Waals surface area contributed by atoms with Crippen molar-refractivity contribution < 1.29 is 9.59 Å². The summed E-state index contributed by atoms with van der Waals surface area (Å²) >= 11 is 1.72. The summed E-state index contributed by atoms with van der Waals surface area (Å²) in [5, 5.41) is 5.15. The number of carbonyl (C=O) groups is 2. The number of amides is 2. The monoisotopic (exact) mass is 563 g/mol. The van der Waals surface area contributed by atoms with Crippen molar-refractivity contribution in [3.8, 4) is 11.1 Å². The van der Waals surface area contributed by atoms with E-state index in [0.29, 0.717) is 25.2 Å². The molecule has 1 N–H and O–H groups in total. The Balaban J connectivity index is 1.27. The van der Waals surface area contributed by atoms with Crippen molar-refractivity contribution in [2.45, 2.75) is 25.8 Å². The number of thiophene rings is 1. The second kappa shape index (κ2) is 14.6. The maximum atomic E-state index is 13.3. The molecule has 41 heavy (non-hydrogen) atoms. The van der Waals surface area contributed by atoms with Gasteiger partial charge in [-0.1, -0.05) is 66.7 Å². The highest BCUT2D eigenvalue weighted by atomic mass is 32.1. The average Bonchev–Trinajstić information content (AvgIpc) is 3.74. The molecule has 0 radical (unpaired) electrons. The van der Waals surface area contributed by atoms with Crippen LogP contribution in [0, 0.1) is 0 Å². The average molecular weight is 564 g/mol. The van der Waals surface area contributed by atoms with Crippen LogP contribution in [0.4, 0.5) is 0 Å². The molecule has 0 spiro atoms. The van der Waals surface area contributed by atoms with Gasteiger partial charge in [-0.15, -0.1) is 11.3 Å². The van der Waals surface area contributed by atoms with Crippen molar-refractivity contribution >= 4 is 29.2 Å². The number of hydrogen-bond donors (Lipinski definition) is 1. The number of nitrogens with zero attached hydrogens (tertiary/aromatic N) is 2. The number of nitrogens with one attached hydrogen (secondary N) is 1. The van der Waals surface area contributed by atoms with E-state index in [9.17, 15) is 9.59 Å². The predicted octanol–water partition coefficient (Wildman–Crippen LogP) is 6.53. The van der Waals surface area contributed by atoms with Crippen LogP contribution in [0.3, 0.4) is 0 Å². The first kappa shape index (κ1) is 28.5. The zero-order chi connectivity index (χ0) is 28.3. The number of likely N-dealkylation sites (tertiary alicyclic amines) is 1. The van der Waals surface area contributed by atoms with E-state index >= 15 is 0 Å². The molecule has 6 heteroatoms. The smallest absolute Gasteiger partial charge is 0.251 e. The molecular weight excluding hydrogens is 526 g/mol. The van der Waals surface area contributed by atoms with Crippen LogP contribution in [0.1, 0.15) is 39.2 Å². The van der Waals surface area contributed by atoms with E-state index in [2.05, 4.69) is 39.9 Å². The van der Waals surface area contributed by atoms with Crippen molar-refractivity contribution in [2.24, 2.45) is 0 Å². The Labute approximate surface area is 247 Å². The first-order valence-corrected chi connectivity index (χ1v) is 15.3. The van der Waals surface area contributed by atoms with Crippen molar-refractivity contribution in [1.29, 1.82) is 0 Å². The highest BCUT2D eigenvalue weighted by molar-refractivity contribution is 7.09. The summed E-state index contributed by atoms with van der Waals surface area (Å²) in [4.78, 5) is 31.7. The van der Waals surface area contributed by atoms with E-state index in [4.69, 9.17) is 0 Å². The maximum absolute atomic E-state index is 13.3. The van der Waals surface area contributed by atoms with Crippen LogP contribution >= 0.6 is 11.3 Å². The fourth-order valence-corrected chi connectivity index (χ4v) is 5.85. The number of benzene rings is 3. The highest BCUT2D eigenvalue weighted by Crippen LogP contribution is 2.23. The third-order valence-electron chi connectivity index (χ3n) is 7.41. The third kappa shape index (κ3) is 8.49. The van der Waals surface area contributed by atoms with Gasteiger partial charge in [-0.2, -0.15) is 0 Å². The summed E-state index contributed by atoms with van der Waals surface area (Å²) in [6, 6.07) is 30.1. The van der Waals surface area contributed by atoms with Crippen LogP contribution in [0.15, 0.2) is 102 Å². The molecule has 0 atom stereocenters. The molecule has 1 aliphatic heterocycles. The van der Waals surface area contributed by atoms with Crippen molar-refractivity contribution in [1.82, 2.24) is 15.1 Å². The molecule has 210 valence electrons. The molecule has 0 aliphatic carbocycles. The first-order valence-electron chi connectivity index (χ1n) is 14.4. The topological polar surface area (TPSA) is 52.7 Å². The minimum Gasteiger partial charge on any atom is -0.351 e. The molecule has 1 aliphatic rings. The van der Waals surface area contributed by atoms with Gasteiger partial charge >= 0.3 is 0 Å². The van der Waals surface area contributed by atoms with Gasteiger partial charge < -0.3 is 15.1 Å². The molecule has 1 fully saturated rings. The minimum absolute atomic E-state index is 0.0107. The van der Waals surface area contributed by atoms with Gasteiger partial charge in [0.25, 0.3) is 5.91 Å². The summed E-state index contributed by atoms with van der Waals surface area (Å²) in [5.41, 5.74) is 4.73. The van der Waals surface area contributed by atoms with Gasteiger partial charge in [-0.25, -0.2) is 0 Å². The standard InChI is InChI=1S/C35H37N3O2S/c39-34(17-16-28-9-2-1-3-10-28)38(22-18-33-15-8-24-41-33)27-29-11-6-12-30(25-29)31-13-7-14-32(26-31)35(40)36-19-23-37-20-4-5-21-37/h1-3,6-17,24-26H,4-5,18-23,27H2,(H,36,40). The molecule has 0 saturated carbocycles. The fourth-order valence-electron chi connectivity index (χ4n) is 5.15. The van der Waals surface area contributed by atoms with Crippen molar-refractivity contribution in [2.75, 3.05) is 32.7 Å². The van der Waals surface area contributed by atoms with E-state index in [1.807, 2.05) is 77.7 Å². The lowest BCUT2D eigenvalue weighted by molar-refractivity contribution is -0.126. The van der Waals surface area contributed by atoms with Crippen LogP contribution in [0.25, 0.3) is 17.2 Å². The summed E-state index contributed by atoms with van der Waals surface area (Å²) in [5.74, 6) is -0.0545. The van der Waals surface area contributed by atoms with Crippen molar-refractivity contribution in [3.05, 3.63) is 124 Å². The molecule has 2 amide bonds. The lowest BCUT2D eigenvalue weighted by Crippen LogP contribution is -2.33. The van der Waals surface area contributed by atoms with Gasteiger partial charge in [-0.3, -0.25) is 9.59 Å². The molecule has 0 bridgehead atoms. The Hall–Kier alpha value is -4.00. The molecule has 1 aromatic heterocycles. The van der Waals surface area contributed by atoms with Gasteiger partial charge in [0, 0.05) is 42.7 Å². The van der Waals surface area contributed by atoms with Gasteiger partial charge in [0.05, 0.1) is 0 Å². The summed E-state index contributed by atoms with van der Waals surface area (Å²) in [7, 11) is 0. The summed E-state index contributed by atoms with van der Waals surface area (Å²) in [6.07, 6.45) is 6.86. The second-order valence-corrected chi connectivity index (χ2v) is 11.5. The Morgan fingerprint density at radius 3 is 2.44 bits per heavy atom. The normalized spacial score (nSPS) is 13.5. The lowest BCUT2D eigenvalue weighted by Gasteiger charge is -2.22. The van der Waals surface area contributed by atoms with E-state index in [0.717, 1.165) is 48.3 Å². The van der Waals surface area contributed by atoms with E-state index in [1.165, 1.54) is 17.7 Å². The number of rotatable bonds is 12. The first-order chi connectivity index (χ1) is 20.1. The Morgan fingerprint density at radius 2 is 1.66 bits per heavy atom. The van der Waals surface area contributed by atoms with E-state index in [-0.39, 0.29) is 11.8 Å². The Morgan fingerprint density at radius 1 is 0.878 bits per heavy atom. The number of hydrogen-bond acceptors (Lipinski definition) is 4. The molecule has 3 aromatic carbocycles. The number of carbonyl (C=O) groups excluding carboxylic acids is 2. The van der Waals surface area contributed by atoms with Gasteiger partial charge in [0.2, 0.25) is 5.91 Å². The zero-order valence-corrected chi connectivity index (χ0v) is 24.2. The zero-order valence-electron chi connectivity index (χ0n) is 23.4. The fraction of sp³-hybridized carbons (Fsp3) is 0.257. The van der Waals surface area contributed by atoms with Gasteiger partial charge in [0.1, 0.15) is 0 Å². The largest absolute Gasteiger partial charge is 0.351 e. The lowest BCUT2D eigenvalue weighted by atomic mass is 10.0. The van der Waals surface area contributed by atoms with E-state index < -0.39 is 0 Å². The minimum atomic E-state index is -0.0437. The van der Waals surface area contributed by atoms with Crippen LogP contribution in [0.2, 0.25) is 0 Å². The van der Waals surface area contributed by atoms with Crippen LogP contribution in [-0.4, -0.2) is 54.3 Å². The quantitative estimate of drug-likeness (QED) is 0.200. The molecule has 4 aromatic rings. The Bertz CT molecular complexity index is 1440. The van der Waals surface area contributed by atoms with Crippen LogP contribution in [0.5, 0.6) is 0 Å². The van der Waals surface area contributed by atoms with Crippen molar-refractivity contribution in [3.63, 3.8) is 0 Å². The van der Waals surface area contributed by atoms with E-state index in [1.54, 1.807) is 17.4 Å². The third-order valence-corrected chi connectivity index (χ3v) is 8.34. The molecule has 2 heterocycles. The summed E-state index contributed by atoms with van der Waals surface area (Å²) < 4.78 is 0. The van der Waals surface area contributed by atoms with Gasteiger partial charge in [-0.05, 0) is 90.3 Å². The van der Waals surface area contributed by atoms with Gasteiger partial charge in [0.15, 0.2) is 0 Å². The molecule has 0 unspecified atom stereocenters. The maximum Gasteiger partial charge on any atom is 0.251 e. The highest BCUT2D eigenvalue weighted by Gasteiger charge is 2.14. The molecule has 5 nitrogen and oxygen atoms in total. The predicted molar refractivity (Wildman–Crippen MR) is 169 cm³/mol. The SMILES string of the molecule is O=C(NCCN1CCCC1)c1cccc(-c2cccc(CN(CCc3cccs3)C(=O)C=Cc3ccccc3)c2)c1. The summed E-state index contributed by atoms with van der Waals surface area (Å²) in [6.45, 7) is 4.95. The van der Waals surface area contributed by atoms with Crippen LogP contribution < -0.4 is 5.32 Å². The van der Waals surface area contributed by atoms with Crippen LogP contribution in [-0.2, 0) is 17.8 Å². The molecule has 1 saturated heterocycles. The Kier molecular flexibility index (Phi) is 10.1. The second-order valence-electron chi connectivity index (χ2n) is 10.4.